The Bertz CT molecular complexity index is 596. The summed E-state index contributed by atoms with van der Waals surface area (Å²) in [5, 5.41) is 10.2. The highest BCUT2D eigenvalue weighted by atomic mass is 16.3. The van der Waals surface area contributed by atoms with Gasteiger partial charge < -0.3 is 14.9 Å². The lowest BCUT2D eigenvalue weighted by molar-refractivity contribution is -0.137. The summed E-state index contributed by atoms with van der Waals surface area (Å²) < 4.78 is 0. The summed E-state index contributed by atoms with van der Waals surface area (Å²) in [7, 11) is 0. The molecule has 2 aliphatic heterocycles. The molecule has 0 bridgehead atoms. The standard InChI is InChI=1S/C18H28N4O2/c1-13(2)16-8-17(20-12-19-16)21-6-4-18(5-7-21)9-15(24)10-22(11-18)14(3)23/h8,12-13,15,24H,4-7,9-11H2,1-3H3. The number of β-amino-alcohol motifs (C(OH)–C–C–N with tert-alkyl or cyclic N) is 1. The Kier molecular flexibility index (Phi) is 4.76. The van der Waals surface area contributed by atoms with E-state index in [0.717, 1.165) is 50.4 Å². The molecular formula is C18H28N4O2. The minimum absolute atomic E-state index is 0.0494. The van der Waals surface area contributed by atoms with Crippen LogP contribution in [0.2, 0.25) is 0 Å². The molecule has 2 aliphatic rings. The zero-order valence-corrected chi connectivity index (χ0v) is 14.9. The maximum absolute atomic E-state index is 11.7. The molecule has 0 aliphatic carbocycles. The van der Waals surface area contributed by atoms with Crippen molar-refractivity contribution in [2.45, 2.75) is 52.1 Å². The highest BCUT2D eigenvalue weighted by molar-refractivity contribution is 5.73. The summed E-state index contributed by atoms with van der Waals surface area (Å²) in [6.45, 7) is 8.93. The van der Waals surface area contributed by atoms with E-state index in [9.17, 15) is 9.90 Å². The summed E-state index contributed by atoms with van der Waals surface area (Å²) >= 11 is 0. The Labute approximate surface area is 143 Å². The third-order valence-electron chi connectivity index (χ3n) is 5.48. The molecule has 3 rings (SSSR count). The van der Waals surface area contributed by atoms with Crippen molar-refractivity contribution in [3.05, 3.63) is 18.1 Å². The smallest absolute Gasteiger partial charge is 0.219 e. The van der Waals surface area contributed by atoms with Gasteiger partial charge in [-0.15, -0.1) is 0 Å². The van der Waals surface area contributed by atoms with E-state index in [1.54, 1.807) is 13.3 Å². The van der Waals surface area contributed by atoms with Crippen molar-refractivity contribution in [2.75, 3.05) is 31.1 Å². The van der Waals surface area contributed by atoms with Crippen LogP contribution in [0.5, 0.6) is 0 Å². The average molecular weight is 332 g/mol. The SMILES string of the molecule is CC(=O)N1CC(O)CC2(CCN(c3cc(C(C)C)ncn3)CC2)C1. The molecule has 0 aromatic carbocycles. The lowest BCUT2D eigenvalue weighted by atomic mass is 9.71. The van der Waals surface area contributed by atoms with E-state index < -0.39 is 6.10 Å². The lowest BCUT2D eigenvalue weighted by Gasteiger charge is -2.49. The van der Waals surface area contributed by atoms with E-state index in [1.165, 1.54) is 0 Å². The summed E-state index contributed by atoms with van der Waals surface area (Å²) in [4.78, 5) is 24.6. The van der Waals surface area contributed by atoms with Crippen LogP contribution in [0.25, 0.3) is 0 Å². The summed E-state index contributed by atoms with van der Waals surface area (Å²) in [6, 6.07) is 2.08. The van der Waals surface area contributed by atoms with Gasteiger partial charge >= 0.3 is 0 Å². The third-order valence-corrected chi connectivity index (χ3v) is 5.48. The zero-order chi connectivity index (χ0) is 17.3. The van der Waals surface area contributed by atoms with Crippen molar-refractivity contribution in [3.8, 4) is 0 Å². The number of aliphatic hydroxyl groups is 1. The van der Waals surface area contributed by atoms with Crippen LogP contribution in [-0.4, -0.2) is 58.2 Å². The number of carbonyl (C=O) groups is 1. The predicted octanol–water partition coefficient (Wildman–Crippen LogP) is 1.80. The number of piperidine rings is 2. The molecule has 1 aromatic heterocycles. The van der Waals surface area contributed by atoms with E-state index in [4.69, 9.17) is 0 Å². The highest BCUT2D eigenvalue weighted by Gasteiger charge is 2.42. The molecule has 6 heteroatoms. The van der Waals surface area contributed by atoms with Crippen LogP contribution < -0.4 is 4.90 Å². The maximum atomic E-state index is 11.7. The van der Waals surface area contributed by atoms with Gasteiger partial charge in [0.1, 0.15) is 12.1 Å². The quantitative estimate of drug-likeness (QED) is 0.894. The Balaban J connectivity index is 1.69. The second-order valence-electron chi connectivity index (χ2n) is 7.70. The second-order valence-corrected chi connectivity index (χ2v) is 7.70. The fourth-order valence-corrected chi connectivity index (χ4v) is 4.02. The van der Waals surface area contributed by atoms with Gasteiger partial charge in [0, 0.05) is 44.9 Å². The van der Waals surface area contributed by atoms with Gasteiger partial charge in [-0.3, -0.25) is 4.79 Å². The summed E-state index contributed by atoms with van der Waals surface area (Å²) in [5.41, 5.74) is 1.12. The average Bonchev–Trinajstić information content (AvgIpc) is 2.55. The minimum atomic E-state index is -0.402. The van der Waals surface area contributed by atoms with Gasteiger partial charge in [-0.1, -0.05) is 13.8 Å². The normalized spacial score (nSPS) is 23.8. The molecule has 6 nitrogen and oxygen atoms in total. The molecular weight excluding hydrogens is 304 g/mol. The third kappa shape index (κ3) is 3.53. The van der Waals surface area contributed by atoms with Crippen molar-refractivity contribution < 1.29 is 9.90 Å². The van der Waals surface area contributed by atoms with E-state index >= 15 is 0 Å². The number of nitrogens with zero attached hydrogens (tertiary/aromatic N) is 4. The molecule has 2 saturated heterocycles. The van der Waals surface area contributed by atoms with Crippen LogP contribution >= 0.6 is 0 Å². The molecule has 1 aromatic rings. The number of carbonyl (C=O) groups excluding carboxylic acids is 1. The second kappa shape index (κ2) is 6.67. The number of rotatable bonds is 2. The molecule has 24 heavy (non-hydrogen) atoms. The first kappa shape index (κ1) is 17.1. The van der Waals surface area contributed by atoms with Crippen LogP contribution in [0, 0.1) is 5.41 Å². The van der Waals surface area contributed by atoms with Crippen molar-refractivity contribution in [3.63, 3.8) is 0 Å². The topological polar surface area (TPSA) is 69.6 Å². The first-order valence-corrected chi connectivity index (χ1v) is 8.89. The highest BCUT2D eigenvalue weighted by Crippen LogP contribution is 2.40. The van der Waals surface area contributed by atoms with E-state index in [-0.39, 0.29) is 11.3 Å². The molecule has 1 amide bonds. The molecule has 1 atom stereocenters. The number of hydrogen-bond donors (Lipinski definition) is 1. The molecule has 0 radical (unpaired) electrons. The molecule has 1 spiro atoms. The first-order chi connectivity index (χ1) is 11.4. The van der Waals surface area contributed by atoms with Crippen molar-refractivity contribution >= 4 is 11.7 Å². The summed E-state index contributed by atoms with van der Waals surface area (Å²) in [5.74, 6) is 1.44. The van der Waals surface area contributed by atoms with Crippen LogP contribution in [0.15, 0.2) is 12.4 Å². The fourth-order valence-electron chi connectivity index (χ4n) is 4.02. The molecule has 1 unspecified atom stereocenters. The van der Waals surface area contributed by atoms with Gasteiger partial charge in [-0.05, 0) is 30.6 Å². The van der Waals surface area contributed by atoms with Gasteiger partial charge in [0.15, 0.2) is 0 Å². The number of hydrogen-bond acceptors (Lipinski definition) is 5. The number of likely N-dealkylation sites (tertiary alicyclic amines) is 1. The van der Waals surface area contributed by atoms with Gasteiger partial charge in [-0.25, -0.2) is 9.97 Å². The Morgan fingerprint density at radius 3 is 2.67 bits per heavy atom. The Hall–Kier alpha value is -1.69. The van der Waals surface area contributed by atoms with E-state index in [0.29, 0.717) is 12.5 Å². The minimum Gasteiger partial charge on any atom is -0.391 e. The molecule has 132 valence electrons. The number of aliphatic hydroxyl groups excluding tert-OH is 1. The Morgan fingerprint density at radius 1 is 1.33 bits per heavy atom. The fraction of sp³-hybridized carbons (Fsp3) is 0.722. The molecule has 1 N–H and O–H groups in total. The molecule has 3 heterocycles. The molecule has 2 fully saturated rings. The van der Waals surface area contributed by atoms with Gasteiger partial charge in [-0.2, -0.15) is 0 Å². The largest absolute Gasteiger partial charge is 0.391 e. The first-order valence-electron chi connectivity index (χ1n) is 8.89. The van der Waals surface area contributed by atoms with Crippen LogP contribution in [0.3, 0.4) is 0 Å². The van der Waals surface area contributed by atoms with Gasteiger partial charge in [0.2, 0.25) is 5.91 Å². The number of aromatic nitrogens is 2. The molecule has 0 saturated carbocycles. The van der Waals surface area contributed by atoms with Crippen molar-refractivity contribution in [1.29, 1.82) is 0 Å². The Morgan fingerprint density at radius 2 is 2.04 bits per heavy atom. The van der Waals surface area contributed by atoms with Gasteiger partial charge in [0.25, 0.3) is 0 Å². The lowest BCUT2D eigenvalue weighted by Crippen LogP contribution is -2.55. The van der Waals surface area contributed by atoms with Gasteiger partial charge in [0.05, 0.1) is 6.10 Å². The number of anilines is 1. The van der Waals surface area contributed by atoms with Crippen molar-refractivity contribution in [1.82, 2.24) is 14.9 Å². The predicted molar refractivity (Wildman–Crippen MR) is 92.9 cm³/mol. The van der Waals surface area contributed by atoms with Crippen LogP contribution in [0.4, 0.5) is 5.82 Å². The number of amides is 1. The summed E-state index contributed by atoms with van der Waals surface area (Å²) in [6.07, 6.45) is 4.01. The van der Waals surface area contributed by atoms with Crippen molar-refractivity contribution in [2.24, 2.45) is 5.41 Å². The van der Waals surface area contributed by atoms with E-state index in [2.05, 4.69) is 34.8 Å². The maximum Gasteiger partial charge on any atom is 0.219 e. The monoisotopic (exact) mass is 332 g/mol. The zero-order valence-electron chi connectivity index (χ0n) is 14.9. The van der Waals surface area contributed by atoms with E-state index in [1.807, 2.05) is 4.90 Å². The van der Waals surface area contributed by atoms with Crippen LogP contribution in [0.1, 0.15) is 51.6 Å². The van der Waals surface area contributed by atoms with Crippen LogP contribution in [-0.2, 0) is 4.79 Å².